The van der Waals surface area contributed by atoms with Crippen LogP contribution in [0.15, 0.2) is 24.3 Å². The molecule has 1 fully saturated rings. The molecule has 2 N–H and O–H groups in total. The van der Waals surface area contributed by atoms with Crippen molar-refractivity contribution in [3.8, 4) is 0 Å². The van der Waals surface area contributed by atoms with E-state index in [0.717, 1.165) is 18.6 Å². The van der Waals surface area contributed by atoms with Gasteiger partial charge in [-0.05, 0) is 36.8 Å². The average Bonchev–Trinajstić information content (AvgIpc) is 2.38. The Morgan fingerprint density at radius 3 is 2.55 bits per heavy atom. The van der Waals surface area contributed by atoms with Gasteiger partial charge in [-0.3, -0.25) is 0 Å². The lowest BCUT2D eigenvalue weighted by Crippen LogP contribution is -2.47. The number of morpholine rings is 1. The number of rotatable bonds is 5. The molecule has 3 nitrogen and oxygen atoms in total. The van der Waals surface area contributed by atoms with Gasteiger partial charge < -0.3 is 15.2 Å². The molecule has 3 unspecified atom stereocenters. The molecular formula is C17H27NO2. The number of hydrogen-bond donors (Lipinski definition) is 2. The second kappa shape index (κ2) is 7.21. The van der Waals surface area contributed by atoms with Gasteiger partial charge in [-0.15, -0.1) is 0 Å². The van der Waals surface area contributed by atoms with E-state index in [1.807, 2.05) is 0 Å². The standard InChI is InChI=1S/C17H27NO2/c1-12(2)8-14-4-6-15(7-5-14)17(19)9-16-11-20-10-13(3)18-16/h4-7,12-13,16-19H,8-11H2,1-3H3. The Hall–Kier alpha value is -0.900. The van der Waals surface area contributed by atoms with Gasteiger partial charge >= 0.3 is 0 Å². The zero-order valence-electron chi connectivity index (χ0n) is 12.8. The van der Waals surface area contributed by atoms with E-state index >= 15 is 0 Å². The molecule has 0 spiro atoms. The first kappa shape index (κ1) is 15.5. The van der Waals surface area contributed by atoms with Crippen LogP contribution in [-0.4, -0.2) is 30.4 Å². The third-order valence-corrected chi connectivity index (χ3v) is 3.72. The predicted octanol–water partition coefficient (Wildman–Crippen LogP) is 2.69. The van der Waals surface area contributed by atoms with E-state index < -0.39 is 6.10 Å². The molecule has 1 saturated heterocycles. The Bertz CT molecular complexity index is 402. The van der Waals surface area contributed by atoms with Crippen molar-refractivity contribution >= 4 is 0 Å². The minimum absolute atomic E-state index is 0.240. The minimum atomic E-state index is -0.422. The molecule has 0 amide bonds. The molecule has 1 aromatic carbocycles. The van der Waals surface area contributed by atoms with Crippen molar-refractivity contribution in [2.75, 3.05) is 13.2 Å². The highest BCUT2D eigenvalue weighted by molar-refractivity contribution is 5.24. The molecule has 1 aliphatic rings. The van der Waals surface area contributed by atoms with Crippen molar-refractivity contribution in [2.24, 2.45) is 5.92 Å². The molecule has 0 saturated carbocycles. The molecule has 2 rings (SSSR count). The quantitative estimate of drug-likeness (QED) is 0.869. The van der Waals surface area contributed by atoms with Crippen molar-refractivity contribution in [3.63, 3.8) is 0 Å². The Morgan fingerprint density at radius 2 is 1.95 bits per heavy atom. The summed E-state index contributed by atoms with van der Waals surface area (Å²) in [6.07, 6.45) is 1.37. The van der Waals surface area contributed by atoms with Gasteiger partial charge in [0, 0.05) is 12.1 Å². The number of ether oxygens (including phenoxy) is 1. The van der Waals surface area contributed by atoms with E-state index in [1.165, 1.54) is 5.56 Å². The maximum atomic E-state index is 10.3. The van der Waals surface area contributed by atoms with Gasteiger partial charge in [-0.25, -0.2) is 0 Å². The van der Waals surface area contributed by atoms with Crippen molar-refractivity contribution in [3.05, 3.63) is 35.4 Å². The fraction of sp³-hybridized carbons (Fsp3) is 0.647. The minimum Gasteiger partial charge on any atom is -0.388 e. The highest BCUT2D eigenvalue weighted by atomic mass is 16.5. The lowest BCUT2D eigenvalue weighted by Gasteiger charge is -2.30. The number of benzene rings is 1. The normalized spacial score (nSPS) is 24.9. The van der Waals surface area contributed by atoms with Crippen LogP contribution in [0.4, 0.5) is 0 Å². The van der Waals surface area contributed by atoms with Crippen molar-refractivity contribution in [1.29, 1.82) is 0 Å². The first-order valence-corrected chi connectivity index (χ1v) is 7.65. The first-order valence-electron chi connectivity index (χ1n) is 7.65. The predicted molar refractivity (Wildman–Crippen MR) is 81.8 cm³/mol. The smallest absolute Gasteiger partial charge is 0.0805 e. The lowest BCUT2D eigenvalue weighted by molar-refractivity contribution is 0.0304. The van der Waals surface area contributed by atoms with Gasteiger partial charge in [0.05, 0.1) is 19.3 Å². The molecule has 0 bridgehead atoms. The van der Waals surface area contributed by atoms with E-state index in [1.54, 1.807) is 0 Å². The third-order valence-electron chi connectivity index (χ3n) is 3.72. The second-order valence-electron chi connectivity index (χ2n) is 6.39. The molecule has 112 valence electrons. The van der Waals surface area contributed by atoms with Crippen LogP contribution in [0.5, 0.6) is 0 Å². The van der Waals surface area contributed by atoms with Crippen LogP contribution in [0.25, 0.3) is 0 Å². The number of aliphatic hydroxyl groups excluding tert-OH is 1. The van der Waals surface area contributed by atoms with Crippen molar-refractivity contribution < 1.29 is 9.84 Å². The highest BCUT2D eigenvalue weighted by Crippen LogP contribution is 2.21. The van der Waals surface area contributed by atoms with Gasteiger partial charge in [-0.2, -0.15) is 0 Å². The largest absolute Gasteiger partial charge is 0.388 e. The Morgan fingerprint density at radius 1 is 1.25 bits per heavy atom. The topological polar surface area (TPSA) is 41.5 Å². The molecule has 0 aliphatic carbocycles. The third kappa shape index (κ3) is 4.58. The van der Waals surface area contributed by atoms with Crippen LogP contribution in [0, 0.1) is 5.92 Å². The van der Waals surface area contributed by atoms with Crippen LogP contribution in [0.1, 0.15) is 44.4 Å². The second-order valence-corrected chi connectivity index (χ2v) is 6.39. The Kier molecular flexibility index (Phi) is 5.58. The Labute approximate surface area is 122 Å². The molecule has 0 radical (unpaired) electrons. The molecular weight excluding hydrogens is 250 g/mol. The molecule has 3 atom stereocenters. The zero-order valence-corrected chi connectivity index (χ0v) is 12.8. The summed E-state index contributed by atoms with van der Waals surface area (Å²) in [5.74, 6) is 0.663. The van der Waals surface area contributed by atoms with Crippen LogP contribution < -0.4 is 5.32 Å². The first-order chi connectivity index (χ1) is 9.54. The van der Waals surface area contributed by atoms with Crippen LogP contribution in [0.2, 0.25) is 0 Å². The van der Waals surface area contributed by atoms with E-state index in [0.29, 0.717) is 25.0 Å². The summed E-state index contributed by atoms with van der Waals surface area (Å²) in [6, 6.07) is 8.97. The fourth-order valence-electron chi connectivity index (χ4n) is 2.77. The van der Waals surface area contributed by atoms with Crippen LogP contribution >= 0.6 is 0 Å². The summed E-state index contributed by atoms with van der Waals surface area (Å²) in [6.45, 7) is 8.00. The summed E-state index contributed by atoms with van der Waals surface area (Å²) in [4.78, 5) is 0. The number of hydrogen-bond acceptors (Lipinski definition) is 3. The number of nitrogens with one attached hydrogen (secondary N) is 1. The number of aliphatic hydroxyl groups is 1. The highest BCUT2D eigenvalue weighted by Gasteiger charge is 2.21. The Balaban J connectivity index is 1.90. The lowest BCUT2D eigenvalue weighted by atomic mass is 9.97. The molecule has 20 heavy (non-hydrogen) atoms. The fourth-order valence-corrected chi connectivity index (χ4v) is 2.77. The molecule has 3 heteroatoms. The van der Waals surface area contributed by atoms with Crippen molar-refractivity contribution in [2.45, 2.75) is 51.8 Å². The summed E-state index contributed by atoms with van der Waals surface area (Å²) < 4.78 is 5.52. The summed E-state index contributed by atoms with van der Waals surface area (Å²) in [7, 11) is 0. The summed E-state index contributed by atoms with van der Waals surface area (Å²) in [5, 5.41) is 13.8. The van der Waals surface area contributed by atoms with Gasteiger partial charge in [0.15, 0.2) is 0 Å². The maximum absolute atomic E-state index is 10.3. The van der Waals surface area contributed by atoms with Crippen LogP contribution in [-0.2, 0) is 11.2 Å². The van der Waals surface area contributed by atoms with Gasteiger partial charge in [-0.1, -0.05) is 38.1 Å². The van der Waals surface area contributed by atoms with E-state index in [-0.39, 0.29) is 6.04 Å². The molecule has 1 aliphatic heterocycles. The molecule has 1 heterocycles. The average molecular weight is 277 g/mol. The zero-order chi connectivity index (χ0) is 14.5. The summed E-state index contributed by atoms with van der Waals surface area (Å²) in [5.41, 5.74) is 2.33. The van der Waals surface area contributed by atoms with Crippen molar-refractivity contribution in [1.82, 2.24) is 5.32 Å². The molecule has 1 aromatic rings. The van der Waals surface area contributed by atoms with Gasteiger partial charge in [0.25, 0.3) is 0 Å². The monoisotopic (exact) mass is 277 g/mol. The molecule has 0 aromatic heterocycles. The SMILES string of the molecule is CC(C)Cc1ccc(C(O)CC2COCC(C)N2)cc1. The van der Waals surface area contributed by atoms with E-state index in [4.69, 9.17) is 4.74 Å². The maximum Gasteiger partial charge on any atom is 0.0805 e. The van der Waals surface area contributed by atoms with Crippen LogP contribution in [0.3, 0.4) is 0 Å². The van der Waals surface area contributed by atoms with E-state index in [2.05, 4.69) is 50.4 Å². The summed E-state index contributed by atoms with van der Waals surface area (Å²) >= 11 is 0. The van der Waals surface area contributed by atoms with Gasteiger partial charge in [0.2, 0.25) is 0 Å². The van der Waals surface area contributed by atoms with E-state index in [9.17, 15) is 5.11 Å². The van der Waals surface area contributed by atoms with Gasteiger partial charge in [0.1, 0.15) is 0 Å².